The Bertz CT molecular complexity index is 485. The zero-order chi connectivity index (χ0) is 13.1. The predicted molar refractivity (Wildman–Crippen MR) is 67.3 cm³/mol. The van der Waals surface area contributed by atoms with E-state index in [1.54, 1.807) is 18.2 Å². The number of nitrogen functional groups attached to an aromatic ring is 1. The number of anilines is 1. The number of carbonyl (C=O) groups excluding carboxylic acids is 2. The molecule has 5 nitrogen and oxygen atoms in total. The van der Waals surface area contributed by atoms with Crippen molar-refractivity contribution < 1.29 is 14.3 Å². The van der Waals surface area contributed by atoms with E-state index in [9.17, 15) is 9.59 Å². The maximum absolute atomic E-state index is 12.0. The number of ether oxygens (including phenoxy) is 1. The second-order valence-electron chi connectivity index (χ2n) is 4.18. The van der Waals surface area contributed by atoms with Gasteiger partial charge in [-0.2, -0.15) is 0 Å². The first-order valence-corrected chi connectivity index (χ1v) is 5.98. The Morgan fingerprint density at radius 3 is 2.61 bits per heavy atom. The number of nitrogens with two attached hydrogens (primary N) is 1. The van der Waals surface area contributed by atoms with Crippen LogP contribution in [0.2, 0.25) is 0 Å². The van der Waals surface area contributed by atoms with Crippen molar-refractivity contribution in [1.82, 2.24) is 4.90 Å². The average Bonchev–Trinajstić information content (AvgIpc) is 2.59. The van der Waals surface area contributed by atoms with Gasteiger partial charge >= 0.3 is 0 Å². The summed E-state index contributed by atoms with van der Waals surface area (Å²) in [6.45, 7) is 3.29. The molecule has 1 aromatic carbocycles. The fourth-order valence-electron chi connectivity index (χ4n) is 1.91. The molecule has 2 amide bonds. The number of imide groups is 1. The highest BCUT2D eigenvalue weighted by molar-refractivity contribution is 6.21. The van der Waals surface area contributed by atoms with Crippen LogP contribution in [-0.2, 0) is 4.74 Å². The van der Waals surface area contributed by atoms with E-state index in [4.69, 9.17) is 10.5 Å². The molecule has 0 saturated carbocycles. The SMILES string of the molecule is CCCOCCN1C(=O)c2ccc(N)cc2C1=O. The lowest BCUT2D eigenvalue weighted by molar-refractivity contribution is 0.0564. The summed E-state index contributed by atoms with van der Waals surface area (Å²) in [6, 6.07) is 4.77. The normalized spacial score (nSPS) is 14.2. The Hall–Kier alpha value is -1.88. The minimum absolute atomic E-state index is 0.268. The second kappa shape index (κ2) is 5.18. The second-order valence-corrected chi connectivity index (χ2v) is 4.18. The molecular formula is C13H16N2O3. The molecule has 18 heavy (non-hydrogen) atoms. The van der Waals surface area contributed by atoms with Crippen LogP contribution in [0.1, 0.15) is 34.1 Å². The van der Waals surface area contributed by atoms with E-state index in [1.165, 1.54) is 4.90 Å². The Labute approximate surface area is 106 Å². The molecule has 1 aromatic rings. The third-order valence-electron chi connectivity index (χ3n) is 2.80. The van der Waals surface area contributed by atoms with Gasteiger partial charge in [0.25, 0.3) is 11.8 Å². The van der Waals surface area contributed by atoms with Gasteiger partial charge in [0.15, 0.2) is 0 Å². The Morgan fingerprint density at radius 1 is 1.17 bits per heavy atom. The van der Waals surface area contributed by atoms with Gasteiger partial charge in [-0.05, 0) is 24.6 Å². The maximum atomic E-state index is 12.0. The van der Waals surface area contributed by atoms with Crippen molar-refractivity contribution in [3.63, 3.8) is 0 Å². The van der Waals surface area contributed by atoms with E-state index >= 15 is 0 Å². The number of hydrogen-bond donors (Lipinski definition) is 1. The van der Waals surface area contributed by atoms with Gasteiger partial charge < -0.3 is 10.5 Å². The molecular weight excluding hydrogens is 232 g/mol. The van der Waals surface area contributed by atoms with Crippen molar-refractivity contribution in [2.45, 2.75) is 13.3 Å². The Kier molecular flexibility index (Phi) is 3.62. The molecule has 0 saturated heterocycles. The third kappa shape index (κ3) is 2.22. The van der Waals surface area contributed by atoms with Crippen LogP contribution < -0.4 is 5.73 Å². The molecule has 0 unspecified atom stereocenters. The lowest BCUT2D eigenvalue weighted by atomic mass is 10.1. The van der Waals surface area contributed by atoms with Crippen LogP contribution in [0.5, 0.6) is 0 Å². The highest BCUT2D eigenvalue weighted by Crippen LogP contribution is 2.24. The number of rotatable bonds is 5. The van der Waals surface area contributed by atoms with E-state index in [1.807, 2.05) is 6.92 Å². The van der Waals surface area contributed by atoms with Gasteiger partial charge in [0.05, 0.1) is 24.3 Å². The summed E-state index contributed by atoms with van der Waals surface area (Å²) < 4.78 is 5.29. The van der Waals surface area contributed by atoms with Crippen LogP contribution in [0, 0.1) is 0 Å². The minimum Gasteiger partial charge on any atom is -0.399 e. The molecule has 0 atom stereocenters. The molecule has 0 aromatic heterocycles. The van der Waals surface area contributed by atoms with Crippen LogP contribution >= 0.6 is 0 Å². The zero-order valence-electron chi connectivity index (χ0n) is 10.3. The monoisotopic (exact) mass is 248 g/mol. The number of amides is 2. The van der Waals surface area contributed by atoms with Crippen LogP contribution in [0.15, 0.2) is 18.2 Å². The molecule has 96 valence electrons. The van der Waals surface area contributed by atoms with E-state index in [2.05, 4.69) is 0 Å². The van der Waals surface area contributed by atoms with Gasteiger partial charge in [0, 0.05) is 12.3 Å². The van der Waals surface area contributed by atoms with E-state index in [0.29, 0.717) is 30.0 Å². The Balaban J connectivity index is 2.08. The topological polar surface area (TPSA) is 72.6 Å². The fraction of sp³-hybridized carbons (Fsp3) is 0.385. The van der Waals surface area contributed by atoms with Crippen LogP contribution in [0.3, 0.4) is 0 Å². The molecule has 0 fully saturated rings. The first kappa shape index (κ1) is 12.6. The molecule has 5 heteroatoms. The molecule has 2 rings (SSSR count). The molecule has 1 aliphatic rings. The van der Waals surface area contributed by atoms with Gasteiger partial charge in [-0.3, -0.25) is 14.5 Å². The molecule has 0 bridgehead atoms. The molecule has 2 N–H and O–H groups in total. The highest BCUT2D eigenvalue weighted by atomic mass is 16.5. The van der Waals surface area contributed by atoms with Crippen molar-refractivity contribution >= 4 is 17.5 Å². The summed E-state index contributed by atoms with van der Waals surface area (Å²) >= 11 is 0. The van der Waals surface area contributed by atoms with Gasteiger partial charge in [0.1, 0.15) is 0 Å². The standard InChI is InChI=1S/C13H16N2O3/c1-2-6-18-7-5-15-12(16)10-4-3-9(14)8-11(10)13(15)17/h3-4,8H,2,5-7,14H2,1H3. The molecule has 1 heterocycles. The molecule has 0 spiro atoms. The quantitative estimate of drug-likeness (QED) is 0.484. The summed E-state index contributed by atoms with van der Waals surface area (Å²) in [4.78, 5) is 25.2. The van der Waals surface area contributed by atoms with Gasteiger partial charge in [-0.25, -0.2) is 0 Å². The van der Waals surface area contributed by atoms with Crippen molar-refractivity contribution in [1.29, 1.82) is 0 Å². The molecule has 0 aliphatic carbocycles. The fourth-order valence-corrected chi connectivity index (χ4v) is 1.91. The smallest absolute Gasteiger partial charge is 0.261 e. The lowest BCUT2D eigenvalue weighted by Crippen LogP contribution is -2.33. The van der Waals surface area contributed by atoms with E-state index < -0.39 is 0 Å². The summed E-state index contributed by atoms with van der Waals surface area (Å²) in [6.07, 6.45) is 0.915. The summed E-state index contributed by atoms with van der Waals surface area (Å²) in [5, 5.41) is 0. The first-order valence-electron chi connectivity index (χ1n) is 5.98. The van der Waals surface area contributed by atoms with Crippen LogP contribution in [0.4, 0.5) is 5.69 Å². The predicted octanol–water partition coefficient (Wildman–Crippen LogP) is 1.29. The number of carbonyl (C=O) groups is 2. The maximum Gasteiger partial charge on any atom is 0.261 e. The average molecular weight is 248 g/mol. The minimum atomic E-state index is -0.289. The van der Waals surface area contributed by atoms with E-state index in [-0.39, 0.29) is 18.4 Å². The van der Waals surface area contributed by atoms with E-state index in [0.717, 1.165) is 6.42 Å². The summed E-state index contributed by atoms with van der Waals surface area (Å²) in [5.74, 6) is -0.558. The molecule has 1 aliphatic heterocycles. The summed E-state index contributed by atoms with van der Waals surface area (Å²) in [5.41, 5.74) is 6.91. The van der Waals surface area contributed by atoms with Gasteiger partial charge in [0.2, 0.25) is 0 Å². The number of benzene rings is 1. The van der Waals surface area contributed by atoms with Crippen LogP contribution in [-0.4, -0.2) is 36.5 Å². The number of hydrogen-bond acceptors (Lipinski definition) is 4. The number of nitrogens with zero attached hydrogens (tertiary/aromatic N) is 1. The highest BCUT2D eigenvalue weighted by Gasteiger charge is 2.35. The largest absolute Gasteiger partial charge is 0.399 e. The summed E-state index contributed by atoms with van der Waals surface area (Å²) in [7, 11) is 0. The third-order valence-corrected chi connectivity index (χ3v) is 2.80. The Morgan fingerprint density at radius 2 is 1.89 bits per heavy atom. The first-order chi connectivity index (χ1) is 8.65. The zero-order valence-corrected chi connectivity index (χ0v) is 10.3. The van der Waals surface area contributed by atoms with Gasteiger partial charge in [-0.15, -0.1) is 0 Å². The molecule has 0 radical (unpaired) electrons. The van der Waals surface area contributed by atoms with Crippen molar-refractivity contribution in [2.75, 3.05) is 25.5 Å². The van der Waals surface area contributed by atoms with Crippen molar-refractivity contribution in [2.24, 2.45) is 0 Å². The number of fused-ring (bicyclic) bond motifs is 1. The van der Waals surface area contributed by atoms with Crippen molar-refractivity contribution in [3.8, 4) is 0 Å². The van der Waals surface area contributed by atoms with Crippen LogP contribution in [0.25, 0.3) is 0 Å². The van der Waals surface area contributed by atoms with Crippen molar-refractivity contribution in [3.05, 3.63) is 29.3 Å². The lowest BCUT2D eigenvalue weighted by Gasteiger charge is -2.13. The van der Waals surface area contributed by atoms with Gasteiger partial charge in [-0.1, -0.05) is 6.92 Å².